The van der Waals surface area contributed by atoms with Gasteiger partial charge in [0.2, 0.25) is 5.91 Å². The lowest BCUT2D eigenvalue weighted by atomic mass is 9.51. The van der Waals surface area contributed by atoms with Gasteiger partial charge in [-0.3, -0.25) is 4.79 Å². The van der Waals surface area contributed by atoms with Gasteiger partial charge in [-0.1, -0.05) is 50.3 Å². The predicted octanol–water partition coefficient (Wildman–Crippen LogP) is 7.13. The summed E-state index contributed by atoms with van der Waals surface area (Å²) in [6, 6.07) is 14.9. The number of aliphatic hydroxyl groups excluding tert-OH is 1. The van der Waals surface area contributed by atoms with Gasteiger partial charge in [0.1, 0.15) is 5.75 Å². The molecule has 0 unspecified atom stereocenters. The Balaban J connectivity index is 1.22. The van der Waals surface area contributed by atoms with E-state index in [2.05, 4.69) is 56.0 Å². The van der Waals surface area contributed by atoms with Crippen LogP contribution >= 0.6 is 11.8 Å². The summed E-state index contributed by atoms with van der Waals surface area (Å²) < 4.78 is 0. The van der Waals surface area contributed by atoms with Gasteiger partial charge in [0.25, 0.3) is 0 Å². The van der Waals surface area contributed by atoms with Crippen LogP contribution in [0.5, 0.6) is 5.75 Å². The Kier molecular flexibility index (Phi) is 9.72. The van der Waals surface area contributed by atoms with E-state index in [4.69, 9.17) is 0 Å². The number of hydrogen-bond donors (Lipinski definition) is 2. The van der Waals surface area contributed by atoms with Crippen molar-refractivity contribution in [1.29, 1.82) is 0 Å². The maximum absolute atomic E-state index is 12.2. The summed E-state index contributed by atoms with van der Waals surface area (Å²) in [4.78, 5) is 14.0. The van der Waals surface area contributed by atoms with E-state index in [0.29, 0.717) is 35.2 Å². The maximum Gasteiger partial charge on any atom is 0.232 e. The van der Waals surface area contributed by atoms with Gasteiger partial charge >= 0.3 is 0 Å². The lowest BCUT2D eigenvalue weighted by Gasteiger charge is -2.54. The van der Waals surface area contributed by atoms with Gasteiger partial charge in [0.05, 0.1) is 11.9 Å². The zero-order valence-corrected chi connectivity index (χ0v) is 25.9. The lowest BCUT2D eigenvalue weighted by molar-refractivity contribution is -0.127. The highest BCUT2D eigenvalue weighted by atomic mass is 32.2. The number of aryl methyl sites for hydroxylation is 1. The molecule has 0 radical (unpaired) electrons. The SMILES string of the molecule is CCCCN(C)C(=O)CSCCCC#Cc1ccc([C@H]2C[C@]3(C)[C@@H](O)CC[C@H]3[C@@H]3CCc4cc(O)ccc4[C@H]32)cc1. The van der Waals surface area contributed by atoms with Crippen molar-refractivity contribution in [3.05, 3.63) is 64.7 Å². The fourth-order valence-electron chi connectivity index (χ4n) is 8.02. The van der Waals surface area contributed by atoms with Gasteiger partial charge in [-0.25, -0.2) is 0 Å². The predicted molar refractivity (Wildman–Crippen MR) is 169 cm³/mol. The van der Waals surface area contributed by atoms with Gasteiger partial charge in [-0.2, -0.15) is 11.8 Å². The largest absolute Gasteiger partial charge is 0.508 e. The minimum absolute atomic E-state index is 0.0354. The summed E-state index contributed by atoms with van der Waals surface area (Å²) in [7, 11) is 1.90. The van der Waals surface area contributed by atoms with Gasteiger partial charge in [-0.05, 0) is 121 Å². The van der Waals surface area contributed by atoms with Crippen LogP contribution in [0.15, 0.2) is 42.5 Å². The van der Waals surface area contributed by atoms with Crippen LogP contribution in [-0.4, -0.2) is 52.2 Å². The first-order valence-corrected chi connectivity index (χ1v) is 16.9. The van der Waals surface area contributed by atoms with E-state index in [0.717, 1.165) is 75.6 Å². The fraction of sp³-hybridized carbons (Fsp3) is 0.583. The lowest BCUT2D eigenvalue weighted by Crippen LogP contribution is -2.47. The van der Waals surface area contributed by atoms with E-state index >= 15 is 0 Å². The number of hydrogen-bond acceptors (Lipinski definition) is 4. The van der Waals surface area contributed by atoms with Crippen molar-refractivity contribution in [2.45, 2.75) is 89.6 Å². The topological polar surface area (TPSA) is 60.8 Å². The monoisotopic (exact) mass is 573 g/mol. The number of fused-ring (bicyclic) bond motifs is 5. The van der Waals surface area contributed by atoms with E-state index < -0.39 is 0 Å². The molecule has 0 aliphatic heterocycles. The zero-order valence-electron chi connectivity index (χ0n) is 25.1. The molecule has 1 amide bonds. The molecule has 0 spiro atoms. The number of carbonyl (C=O) groups is 1. The fourth-order valence-corrected chi connectivity index (χ4v) is 8.91. The van der Waals surface area contributed by atoms with Crippen molar-refractivity contribution in [3.8, 4) is 17.6 Å². The van der Waals surface area contributed by atoms with Crippen molar-refractivity contribution in [2.75, 3.05) is 25.1 Å². The smallest absolute Gasteiger partial charge is 0.232 e. The quantitative estimate of drug-likeness (QED) is 0.248. The molecule has 5 heteroatoms. The second-order valence-corrected chi connectivity index (χ2v) is 14.0. The molecule has 2 aromatic rings. The average molecular weight is 574 g/mol. The number of nitrogens with zero attached hydrogens (tertiary/aromatic N) is 1. The molecule has 0 aromatic heterocycles. The van der Waals surface area contributed by atoms with Crippen molar-refractivity contribution in [1.82, 2.24) is 4.90 Å². The standard InChI is InChI=1S/C36H47NO3S/c1-4-5-20-37(3)34(40)24-41-21-8-6-7-9-25-10-12-26(13-11-25)31-23-36(2)32(18-19-33(36)39)30-16-14-27-22-28(38)15-17-29(27)35(30)31/h10-13,15,17,22,30-33,35,38-39H,4-6,8,14,16,18-21,23-24H2,1-3H3/t30-,31+,32-,33-,35+,36-/m0/s1. The van der Waals surface area contributed by atoms with Crippen LogP contribution in [0.1, 0.15) is 99.3 Å². The Labute approximate surface area is 251 Å². The van der Waals surface area contributed by atoms with Crippen LogP contribution in [0, 0.1) is 29.1 Å². The second-order valence-electron chi connectivity index (χ2n) is 12.9. The Morgan fingerprint density at radius 2 is 1.93 bits per heavy atom. The highest BCUT2D eigenvalue weighted by Crippen LogP contribution is 2.65. The molecule has 2 aromatic carbocycles. The number of amides is 1. The van der Waals surface area contributed by atoms with Crippen LogP contribution in [0.3, 0.4) is 0 Å². The molecule has 5 rings (SSSR count). The number of unbranched alkanes of at least 4 members (excludes halogenated alkanes) is 2. The number of aliphatic hydroxyl groups is 1. The summed E-state index contributed by atoms with van der Waals surface area (Å²) in [6.07, 6.45) is 8.96. The zero-order chi connectivity index (χ0) is 29.0. The molecule has 4 nitrogen and oxygen atoms in total. The third-order valence-electron chi connectivity index (χ3n) is 10.3. The molecule has 220 valence electrons. The number of phenols is 1. The van der Waals surface area contributed by atoms with E-state index in [9.17, 15) is 15.0 Å². The van der Waals surface area contributed by atoms with Crippen LogP contribution in [0.4, 0.5) is 0 Å². The molecule has 2 saturated carbocycles. The van der Waals surface area contributed by atoms with Gasteiger partial charge in [0.15, 0.2) is 0 Å². The van der Waals surface area contributed by atoms with Crippen LogP contribution < -0.4 is 0 Å². The second kappa shape index (κ2) is 13.3. The van der Waals surface area contributed by atoms with E-state index in [1.807, 2.05) is 24.1 Å². The molecule has 3 aliphatic rings. The minimum Gasteiger partial charge on any atom is -0.508 e. The number of rotatable bonds is 9. The Bertz CT molecular complexity index is 1260. The number of phenolic OH excluding ortho intramolecular Hbond substituents is 1. The van der Waals surface area contributed by atoms with Gasteiger partial charge < -0.3 is 15.1 Å². The molecule has 6 atom stereocenters. The van der Waals surface area contributed by atoms with Crippen molar-refractivity contribution >= 4 is 17.7 Å². The normalized spacial score (nSPS) is 28.1. The Morgan fingerprint density at radius 1 is 1.12 bits per heavy atom. The molecule has 3 aliphatic carbocycles. The van der Waals surface area contributed by atoms with Gasteiger partial charge in [-0.15, -0.1) is 0 Å². The highest BCUT2D eigenvalue weighted by molar-refractivity contribution is 7.99. The summed E-state index contributed by atoms with van der Waals surface area (Å²) in [5, 5.41) is 21.3. The third-order valence-corrected chi connectivity index (χ3v) is 11.4. The number of thioether (sulfide) groups is 1. The molecule has 2 fully saturated rings. The Hall–Kier alpha value is -2.42. The van der Waals surface area contributed by atoms with E-state index in [-0.39, 0.29) is 17.4 Å². The summed E-state index contributed by atoms with van der Waals surface area (Å²) in [5.74, 6) is 10.7. The third kappa shape index (κ3) is 6.50. The minimum atomic E-state index is -0.222. The first kappa shape index (κ1) is 30.1. The number of benzene rings is 2. The van der Waals surface area contributed by atoms with Crippen molar-refractivity contribution < 1.29 is 15.0 Å². The first-order valence-electron chi connectivity index (χ1n) is 15.7. The summed E-state index contributed by atoms with van der Waals surface area (Å²) in [6.45, 7) is 5.33. The van der Waals surface area contributed by atoms with Gasteiger partial charge in [0, 0.05) is 25.6 Å². The van der Waals surface area contributed by atoms with E-state index in [1.165, 1.54) is 16.7 Å². The first-order chi connectivity index (χ1) is 19.8. The molecule has 2 N–H and O–H groups in total. The summed E-state index contributed by atoms with van der Waals surface area (Å²) >= 11 is 1.71. The molecule has 0 bridgehead atoms. The maximum atomic E-state index is 12.2. The molecular formula is C36H47NO3S. The van der Waals surface area contributed by atoms with Crippen LogP contribution in [0.25, 0.3) is 0 Å². The molecule has 0 heterocycles. The van der Waals surface area contributed by atoms with Crippen molar-refractivity contribution in [2.24, 2.45) is 17.3 Å². The highest BCUT2D eigenvalue weighted by Gasteiger charge is 2.57. The molecular weight excluding hydrogens is 526 g/mol. The Morgan fingerprint density at radius 3 is 2.71 bits per heavy atom. The molecule has 41 heavy (non-hydrogen) atoms. The number of aromatic hydroxyl groups is 1. The summed E-state index contributed by atoms with van der Waals surface area (Å²) in [5.41, 5.74) is 5.05. The van der Waals surface area contributed by atoms with E-state index in [1.54, 1.807) is 11.8 Å². The van der Waals surface area contributed by atoms with Crippen LogP contribution in [0.2, 0.25) is 0 Å². The van der Waals surface area contributed by atoms with Crippen LogP contribution in [-0.2, 0) is 11.2 Å². The molecule has 0 saturated heterocycles. The average Bonchev–Trinajstić information content (AvgIpc) is 3.28. The number of carbonyl (C=O) groups excluding carboxylic acids is 1. The van der Waals surface area contributed by atoms with Crippen molar-refractivity contribution in [3.63, 3.8) is 0 Å².